The van der Waals surface area contributed by atoms with Gasteiger partial charge < -0.3 is 14.7 Å². The zero-order valence-corrected chi connectivity index (χ0v) is 15.2. The number of benzene rings is 1. The maximum absolute atomic E-state index is 12.5. The van der Waals surface area contributed by atoms with Gasteiger partial charge in [0.2, 0.25) is 0 Å². The van der Waals surface area contributed by atoms with Crippen molar-refractivity contribution in [3.05, 3.63) is 42.2 Å². The van der Waals surface area contributed by atoms with E-state index in [0.29, 0.717) is 6.54 Å². The summed E-state index contributed by atoms with van der Waals surface area (Å²) >= 11 is 0. The first-order valence-electron chi connectivity index (χ1n) is 8.62. The topological polar surface area (TPSA) is 84.7 Å². The monoisotopic (exact) mass is 357 g/mol. The molecule has 0 spiro atoms. The average molecular weight is 357 g/mol. The smallest absolute Gasteiger partial charge is 0.432 e. The molecule has 0 saturated carbocycles. The molecule has 26 heavy (non-hydrogen) atoms. The lowest BCUT2D eigenvalue weighted by Gasteiger charge is -2.29. The van der Waals surface area contributed by atoms with Crippen LogP contribution in [0.5, 0.6) is 0 Å². The zero-order valence-electron chi connectivity index (χ0n) is 15.2. The van der Waals surface area contributed by atoms with Gasteiger partial charge in [-0.25, -0.2) is 9.59 Å². The van der Waals surface area contributed by atoms with Gasteiger partial charge in [-0.2, -0.15) is 9.78 Å². The highest BCUT2D eigenvalue weighted by Crippen LogP contribution is 2.34. The summed E-state index contributed by atoms with van der Waals surface area (Å²) in [5.74, 6) is 0. The van der Waals surface area contributed by atoms with Crippen LogP contribution in [0.1, 0.15) is 45.2 Å². The van der Waals surface area contributed by atoms with Crippen LogP contribution in [0.25, 0.3) is 11.1 Å². The summed E-state index contributed by atoms with van der Waals surface area (Å²) in [6.45, 7) is 6.24. The minimum absolute atomic E-state index is 0.0423. The van der Waals surface area contributed by atoms with E-state index in [1.54, 1.807) is 4.90 Å². The lowest BCUT2D eigenvalue weighted by Crippen LogP contribution is -2.36. The fraction of sp³-hybridized carbons (Fsp3) is 0.421. The van der Waals surface area contributed by atoms with Crippen LogP contribution in [0.3, 0.4) is 0 Å². The Morgan fingerprint density at radius 3 is 2.69 bits per heavy atom. The number of nitrogens with zero attached hydrogens (tertiary/aromatic N) is 3. The van der Waals surface area contributed by atoms with Crippen molar-refractivity contribution in [1.82, 2.24) is 14.7 Å². The molecule has 2 aromatic rings. The largest absolute Gasteiger partial charge is 0.463 e. The van der Waals surface area contributed by atoms with Gasteiger partial charge in [0.25, 0.3) is 0 Å². The van der Waals surface area contributed by atoms with Crippen molar-refractivity contribution < 1.29 is 19.4 Å². The average Bonchev–Trinajstić information content (AvgIpc) is 3.23. The van der Waals surface area contributed by atoms with Crippen molar-refractivity contribution in [3.63, 3.8) is 0 Å². The summed E-state index contributed by atoms with van der Waals surface area (Å²) in [6, 6.07) is 7.74. The Morgan fingerprint density at radius 1 is 1.27 bits per heavy atom. The first-order chi connectivity index (χ1) is 12.2. The second-order valence-corrected chi connectivity index (χ2v) is 7.41. The number of amides is 1. The Balaban J connectivity index is 1.84. The van der Waals surface area contributed by atoms with E-state index in [9.17, 15) is 9.59 Å². The van der Waals surface area contributed by atoms with Crippen LogP contribution in [0.2, 0.25) is 0 Å². The Kier molecular flexibility index (Phi) is 4.71. The molecule has 1 atom stereocenters. The molecule has 1 fully saturated rings. The molecule has 1 aliphatic rings. The van der Waals surface area contributed by atoms with Crippen LogP contribution in [-0.2, 0) is 4.74 Å². The highest BCUT2D eigenvalue weighted by atomic mass is 16.6. The van der Waals surface area contributed by atoms with E-state index in [2.05, 4.69) is 5.10 Å². The number of hydrogen-bond donors (Lipinski definition) is 1. The van der Waals surface area contributed by atoms with E-state index >= 15 is 0 Å². The molecule has 1 saturated heterocycles. The van der Waals surface area contributed by atoms with Crippen molar-refractivity contribution in [1.29, 1.82) is 0 Å². The van der Waals surface area contributed by atoms with Gasteiger partial charge in [-0.15, -0.1) is 0 Å². The summed E-state index contributed by atoms with van der Waals surface area (Å²) in [7, 11) is 0. The number of likely N-dealkylation sites (tertiary alicyclic amines) is 1. The summed E-state index contributed by atoms with van der Waals surface area (Å²) < 4.78 is 6.41. The second kappa shape index (κ2) is 6.82. The minimum Gasteiger partial charge on any atom is -0.463 e. The maximum Gasteiger partial charge on any atom is 0.432 e. The minimum atomic E-state index is -1.13. The lowest BCUT2D eigenvalue weighted by molar-refractivity contribution is 0.0224. The molecule has 1 aromatic heterocycles. The Hall–Kier alpha value is -2.83. The highest BCUT2D eigenvalue weighted by molar-refractivity contribution is 5.72. The van der Waals surface area contributed by atoms with Gasteiger partial charge >= 0.3 is 12.2 Å². The van der Waals surface area contributed by atoms with Crippen molar-refractivity contribution in [2.45, 2.75) is 45.3 Å². The van der Waals surface area contributed by atoms with Gasteiger partial charge in [0.1, 0.15) is 5.60 Å². The molecule has 7 nitrogen and oxygen atoms in total. The van der Waals surface area contributed by atoms with Crippen LogP contribution < -0.4 is 0 Å². The summed E-state index contributed by atoms with van der Waals surface area (Å²) in [4.78, 5) is 25.3. The highest BCUT2D eigenvalue weighted by Gasteiger charge is 2.33. The standard InChI is InChI=1S/C19H23N3O4/c1-19(2,3)26-18(25)21-9-5-8-16(21)14-7-4-6-13(10-14)15-11-20-22(12-15)17(23)24/h4,6-7,10-12,16H,5,8-9H2,1-3H3,(H,23,24). The van der Waals surface area contributed by atoms with Crippen LogP contribution >= 0.6 is 0 Å². The molecule has 3 rings (SSSR count). The van der Waals surface area contributed by atoms with Gasteiger partial charge in [-0.1, -0.05) is 18.2 Å². The zero-order chi connectivity index (χ0) is 18.9. The molecular weight excluding hydrogens is 334 g/mol. The maximum atomic E-state index is 12.5. The molecule has 1 amide bonds. The first kappa shape index (κ1) is 18.0. The van der Waals surface area contributed by atoms with Crippen molar-refractivity contribution in [3.8, 4) is 11.1 Å². The summed E-state index contributed by atoms with van der Waals surface area (Å²) in [5.41, 5.74) is 2.06. The summed E-state index contributed by atoms with van der Waals surface area (Å²) in [6.07, 6.45) is 3.36. The molecular formula is C19H23N3O4. The van der Waals surface area contributed by atoms with Gasteiger partial charge in [0, 0.05) is 18.3 Å². The SMILES string of the molecule is CC(C)(C)OC(=O)N1CCCC1c1cccc(-c2cnn(C(=O)O)c2)c1. The van der Waals surface area contributed by atoms with E-state index in [1.807, 2.05) is 45.0 Å². The van der Waals surface area contributed by atoms with E-state index in [1.165, 1.54) is 12.4 Å². The number of aromatic nitrogens is 2. The molecule has 1 unspecified atom stereocenters. The third-order valence-electron chi connectivity index (χ3n) is 4.26. The number of carbonyl (C=O) groups excluding carboxylic acids is 1. The fourth-order valence-electron chi connectivity index (χ4n) is 3.15. The molecule has 2 heterocycles. The van der Waals surface area contributed by atoms with E-state index < -0.39 is 11.7 Å². The summed E-state index contributed by atoms with van der Waals surface area (Å²) in [5, 5.41) is 12.8. The van der Waals surface area contributed by atoms with Crippen LogP contribution in [0, 0.1) is 0 Å². The molecule has 1 aliphatic heterocycles. The predicted octanol–water partition coefficient (Wildman–Crippen LogP) is 4.15. The predicted molar refractivity (Wildman–Crippen MR) is 96.0 cm³/mol. The number of carbonyl (C=O) groups is 2. The second-order valence-electron chi connectivity index (χ2n) is 7.41. The number of carboxylic acid groups (broad SMARTS) is 1. The van der Waals surface area contributed by atoms with Crippen LogP contribution in [0.15, 0.2) is 36.7 Å². The van der Waals surface area contributed by atoms with Gasteiger partial charge in [-0.05, 0) is 50.8 Å². The van der Waals surface area contributed by atoms with E-state index in [4.69, 9.17) is 9.84 Å². The first-order valence-corrected chi connectivity index (χ1v) is 8.62. The van der Waals surface area contributed by atoms with Crippen molar-refractivity contribution in [2.24, 2.45) is 0 Å². The number of ether oxygens (including phenoxy) is 1. The van der Waals surface area contributed by atoms with E-state index in [0.717, 1.165) is 34.2 Å². The van der Waals surface area contributed by atoms with Gasteiger partial charge in [0.15, 0.2) is 0 Å². The van der Waals surface area contributed by atoms with Gasteiger partial charge in [0.05, 0.1) is 12.2 Å². The Labute approximate surface area is 152 Å². The molecule has 138 valence electrons. The molecule has 0 radical (unpaired) electrons. The third-order valence-corrected chi connectivity index (χ3v) is 4.26. The van der Waals surface area contributed by atoms with E-state index in [-0.39, 0.29) is 12.1 Å². The normalized spacial score (nSPS) is 17.3. The van der Waals surface area contributed by atoms with Crippen molar-refractivity contribution in [2.75, 3.05) is 6.54 Å². The van der Waals surface area contributed by atoms with Crippen LogP contribution in [-0.4, -0.2) is 44.1 Å². The van der Waals surface area contributed by atoms with Crippen molar-refractivity contribution >= 4 is 12.2 Å². The van der Waals surface area contributed by atoms with Crippen LogP contribution in [0.4, 0.5) is 9.59 Å². The molecule has 0 aliphatic carbocycles. The molecule has 1 aromatic carbocycles. The molecule has 7 heteroatoms. The third kappa shape index (κ3) is 3.87. The molecule has 0 bridgehead atoms. The van der Waals surface area contributed by atoms with Gasteiger partial charge in [-0.3, -0.25) is 0 Å². The Bertz CT molecular complexity index is 822. The lowest BCUT2D eigenvalue weighted by atomic mass is 10.00. The quantitative estimate of drug-likeness (QED) is 0.873. The number of rotatable bonds is 2. The fourth-order valence-corrected chi connectivity index (χ4v) is 3.15. The number of hydrogen-bond acceptors (Lipinski definition) is 4. The molecule has 1 N–H and O–H groups in total. The Morgan fingerprint density at radius 2 is 2.04 bits per heavy atom.